The molecule has 3 fully saturated rings. The molecule has 6 heteroatoms. The Morgan fingerprint density at radius 2 is 1.65 bits per heavy atom. The van der Waals surface area contributed by atoms with Crippen LogP contribution in [0.5, 0.6) is 0 Å². The molecule has 3 aliphatic rings. The first-order valence-electron chi connectivity index (χ1n) is 9.85. The zero-order valence-electron chi connectivity index (χ0n) is 16.4. The van der Waals surface area contributed by atoms with Crippen LogP contribution < -0.4 is 5.46 Å². The topological polar surface area (TPSA) is 24.9 Å². The predicted octanol–water partition coefficient (Wildman–Crippen LogP) is 2.40. The van der Waals surface area contributed by atoms with E-state index in [1.54, 1.807) is 6.07 Å². The molecule has 1 aromatic carbocycles. The van der Waals surface area contributed by atoms with Gasteiger partial charge in [0.05, 0.1) is 11.2 Å². The number of rotatable bonds is 4. The first kappa shape index (κ1) is 18.4. The molecule has 142 valence electrons. The van der Waals surface area contributed by atoms with Gasteiger partial charge in [-0.3, -0.25) is 9.80 Å². The SMILES string of the molecule is CC1(C)OB(c2ccc(CN3CCN(C4CC4)CC3)c(F)c2)OC1(C)C. The van der Waals surface area contributed by atoms with Crippen molar-refractivity contribution in [3.05, 3.63) is 29.6 Å². The van der Waals surface area contributed by atoms with Crippen LogP contribution in [0.3, 0.4) is 0 Å². The molecule has 4 nitrogen and oxygen atoms in total. The molecule has 0 radical (unpaired) electrons. The van der Waals surface area contributed by atoms with Crippen molar-refractivity contribution in [1.82, 2.24) is 9.80 Å². The fourth-order valence-electron chi connectivity index (χ4n) is 3.78. The van der Waals surface area contributed by atoms with Crippen molar-refractivity contribution in [2.45, 2.75) is 64.3 Å². The number of nitrogens with zero attached hydrogens (tertiary/aromatic N) is 2. The van der Waals surface area contributed by atoms with Gasteiger partial charge < -0.3 is 9.31 Å². The molecule has 1 saturated carbocycles. The monoisotopic (exact) mass is 360 g/mol. The summed E-state index contributed by atoms with van der Waals surface area (Å²) in [6.45, 7) is 13.0. The highest BCUT2D eigenvalue weighted by Gasteiger charge is 2.51. The second-order valence-corrected chi connectivity index (χ2v) is 8.98. The smallest absolute Gasteiger partial charge is 0.399 e. The number of hydrogen-bond donors (Lipinski definition) is 0. The molecule has 0 aromatic heterocycles. The molecule has 26 heavy (non-hydrogen) atoms. The molecule has 1 aliphatic carbocycles. The summed E-state index contributed by atoms with van der Waals surface area (Å²) in [5.41, 5.74) is 0.691. The second-order valence-electron chi connectivity index (χ2n) is 8.98. The third-order valence-electron chi connectivity index (χ3n) is 6.47. The highest BCUT2D eigenvalue weighted by Crippen LogP contribution is 2.36. The van der Waals surface area contributed by atoms with Crippen molar-refractivity contribution in [2.24, 2.45) is 0 Å². The van der Waals surface area contributed by atoms with Crippen LogP contribution in [0, 0.1) is 5.82 Å². The average Bonchev–Trinajstić information content (AvgIpc) is 3.38. The van der Waals surface area contributed by atoms with E-state index < -0.39 is 18.3 Å². The van der Waals surface area contributed by atoms with Crippen molar-refractivity contribution in [3.8, 4) is 0 Å². The molecular weight excluding hydrogens is 330 g/mol. The van der Waals surface area contributed by atoms with Crippen molar-refractivity contribution in [1.29, 1.82) is 0 Å². The molecule has 0 N–H and O–H groups in total. The van der Waals surface area contributed by atoms with Gasteiger partial charge in [0.25, 0.3) is 0 Å². The standard InChI is InChI=1S/C20H30BFN2O2/c1-19(2)20(3,4)26-21(25-19)16-6-5-15(18(22)13-16)14-23-9-11-24(12-10-23)17-7-8-17/h5-6,13,17H,7-12,14H2,1-4H3. The van der Waals surface area contributed by atoms with Crippen molar-refractivity contribution < 1.29 is 13.7 Å². The van der Waals surface area contributed by atoms with E-state index in [4.69, 9.17) is 9.31 Å². The van der Waals surface area contributed by atoms with Crippen molar-refractivity contribution in [2.75, 3.05) is 26.2 Å². The number of benzene rings is 1. The maximum atomic E-state index is 14.7. The van der Waals surface area contributed by atoms with E-state index in [1.807, 2.05) is 39.8 Å². The molecule has 2 heterocycles. The second kappa shape index (κ2) is 6.59. The highest BCUT2D eigenvalue weighted by molar-refractivity contribution is 6.62. The van der Waals surface area contributed by atoms with Gasteiger partial charge in [-0.2, -0.15) is 0 Å². The molecule has 2 saturated heterocycles. The molecule has 1 aromatic rings. The average molecular weight is 360 g/mol. The van der Waals surface area contributed by atoms with Crippen LogP contribution in [-0.4, -0.2) is 60.3 Å². The lowest BCUT2D eigenvalue weighted by Crippen LogP contribution is -2.46. The summed E-state index contributed by atoms with van der Waals surface area (Å²) < 4.78 is 26.8. The molecule has 4 rings (SSSR count). The summed E-state index contributed by atoms with van der Waals surface area (Å²) in [6.07, 6.45) is 2.71. The van der Waals surface area contributed by atoms with Crippen LogP contribution in [0.25, 0.3) is 0 Å². The minimum absolute atomic E-state index is 0.165. The van der Waals surface area contributed by atoms with Crippen molar-refractivity contribution >= 4 is 12.6 Å². The van der Waals surface area contributed by atoms with Gasteiger partial charge in [-0.1, -0.05) is 12.1 Å². The summed E-state index contributed by atoms with van der Waals surface area (Å²) in [5.74, 6) is -0.165. The number of piperazine rings is 1. The van der Waals surface area contributed by atoms with Gasteiger partial charge in [0.1, 0.15) is 5.82 Å². The molecule has 0 unspecified atom stereocenters. The fraction of sp³-hybridized carbons (Fsp3) is 0.700. The predicted molar refractivity (Wildman–Crippen MR) is 102 cm³/mol. The molecule has 0 bridgehead atoms. The van der Waals surface area contributed by atoms with Crippen LogP contribution in [0.2, 0.25) is 0 Å². The minimum atomic E-state index is -0.509. The van der Waals surface area contributed by atoms with Gasteiger partial charge in [0.2, 0.25) is 0 Å². The van der Waals surface area contributed by atoms with E-state index in [1.165, 1.54) is 12.8 Å². The Balaban J connectivity index is 1.39. The van der Waals surface area contributed by atoms with Crippen molar-refractivity contribution in [3.63, 3.8) is 0 Å². The summed E-state index contributed by atoms with van der Waals surface area (Å²) in [7, 11) is -0.509. The zero-order chi connectivity index (χ0) is 18.5. The molecule has 0 spiro atoms. The van der Waals surface area contributed by atoms with Crippen LogP contribution >= 0.6 is 0 Å². The maximum Gasteiger partial charge on any atom is 0.494 e. The van der Waals surface area contributed by atoms with E-state index in [-0.39, 0.29) is 5.82 Å². The number of halogens is 1. The first-order chi connectivity index (χ1) is 12.2. The Bertz CT molecular complexity index is 654. The van der Waals surface area contributed by atoms with Gasteiger partial charge in [0.15, 0.2) is 0 Å². The Hall–Kier alpha value is -0.945. The Kier molecular flexibility index (Phi) is 4.67. The number of hydrogen-bond acceptors (Lipinski definition) is 4. The molecule has 0 amide bonds. The Morgan fingerprint density at radius 1 is 1.04 bits per heavy atom. The molecular formula is C20H30BFN2O2. The minimum Gasteiger partial charge on any atom is -0.399 e. The third kappa shape index (κ3) is 3.57. The lowest BCUT2D eigenvalue weighted by molar-refractivity contribution is 0.00578. The highest BCUT2D eigenvalue weighted by atomic mass is 19.1. The van der Waals surface area contributed by atoms with Gasteiger partial charge in [-0.25, -0.2) is 4.39 Å². The summed E-state index contributed by atoms with van der Waals surface area (Å²) >= 11 is 0. The Labute approximate surface area is 156 Å². The van der Waals surface area contributed by atoms with Gasteiger partial charge in [-0.05, 0) is 52.1 Å². The first-order valence-corrected chi connectivity index (χ1v) is 9.85. The van der Waals surface area contributed by atoms with E-state index in [0.29, 0.717) is 6.54 Å². The van der Waals surface area contributed by atoms with E-state index in [0.717, 1.165) is 43.2 Å². The van der Waals surface area contributed by atoms with Gasteiger partial charge in [-0.15, -0.1) is 0 Å². The van der Waals surface area contributed by atoms with Gasteiger partial charge >= 0.3 is 7.12 Å². The van der Waals surface area contributed by atoms with Crippen LogP contribution in [0.4, 0.5) is 4.39 Å². The Morgan fingerprint density at radius 3 is 2.19 bits per heavy atom. The van der Waals surface area contributed by atoms with Gasteiger partial charge in [0, 0.05) is 44.3 Å². The molecule has 2 aliphatic heterocycles. The van der Waals surface area contributed by atoms with Crippen LogP contribution in [-0.2, 0) is 15.9 Å². The summed E-state index contributed by atoms with van der Waals surface area (Å²) in [6, 6.07) is 6.25. The fourth-order valence-corrected chi connectivity index (χ4v) is 3.78. The van der Waals surface area contributed by atoms with E-state index >= 15 is 0 Å². The van der Waals surface area contributed by atoms with Crippen LogP contribution in [0.15, 0.2) is 18.2 Å². The third-order valence-corrected chi connectivity index (χ3v) is 6.47. The van der Waals surface area contributed by atoms with E-state index in [2.05, 4.69) is 9.80 Å². The van der Waals surface area contributed by atoms with E-state index in [9.17, 15) is 4.39 Å². The summed E-state index contributed by atoms with van der Waals surface area (Å²) in [4.78, 5) is 4.93. The normalized spacial score (nSPS) is 26.4. The molecule has 0 atom stereocenters. The van der Waals surface area contributed by atoms with Crippen LogP contribution in [0.1, 0.15) is 46.1 Å². The quantitative estimate of drug-likeness (QED) is 0.770. The lowest BCUT2D eigenvalue weighted by atomic mass is 9.78. The lowest BCUT2D eigenvalue weighted by Gasteiger charge is -2.34. The maximum absolute atomic E-state index is 14.7. The largest absolute Gasteiger partial charge is 0.494 e. The zero-order valence-corrected chi connectivity index (χ0v) is 16.4. The summed E-state index contributed by atoms with van der Waals surface area (Å²) in [5, 5.41) is 0.